The Labute approximate surface area is 60.9 Å². The predicted octanol–water partition coefficient (Wildman–Crippen LogP) is 1.65. The van der Waals surface area contributed by atoms with E-state index in [1.165, 1.54) is 25.5 Å². The molecular formula is C8H12N2. The number of nitrogens with zero attached hydrogens (tertiary/aromatic N) is 1. The monoisotopic (exact) mass is 136 g/mol. The molecule has 0 amide bonds. The van der Waals surface area contributed by atoms with Crippen LogP contribution in [0.15, 0.2) is 4.99 Å². The Balaban J connectivity index is 2.13. The Kier molecular flexibility index (Phi) is 1.33. The Morgan fingerprint density at radius 1 is 1.50 bits per heavy atom. The van der Waals surface area contributed by atoms with E-state index in [-0.39, 0.29) is 0 Å². The molecule has 1 fully saturated rings. The highest BCUT2D eigenvalue weighted by molar-refractivity contribution is 6.30. The first-order valence-corrected chi connectivity index (χ1v) is 3.97. The smallest absolute Gasteiger partial charge is 0.0535 e. The lowest BCUT2D eigenvalue weighted by atomic mass is 10.0. The van der Waals surface area contributed by atoms with Crippen LogP contribution in [-0.2, 0) is 0 Å². The summed E-state index contributed by atoms with van der Waals surface area (Å²) < 4.78 is 0. The van der Waals surface area contributed by atoms with Gasteiger partial charge in [-0.2, -0.15) is 0 Å². The fourth-order valence-electron chi connectivity index (χ4n) is 2.06. The Morgan fingerprint density at radius 2 is 2.40 bits per heavy atom. The molecular weight excluding hydrogens is 124 g/mol. The summed E-state index contributed by atoms with van der Waals surface area (Å²) >= 11 is 0. The summed E-state index contributed by atoms with van der Waals surface area (Å²) in [5, 5.41) is 7.02. The minimum Gasteiger partial charge on any atom is -0.307 e. The Hall–Kier alpha value is -0.660. The van der Waals surface area contributed by atoms with E-state index < -0.39 is 0 Å². The molecule has 2 heteroatoms. The molecule has 1 aliphatic carbocycles. The maximum Gasteiger partial charge on any atom is 0.0535 e. The van der Waals surface area contributed by atoms with Crippen molar-refractivity contribution in [1.82, 2.24) is 0 Å². The summed E-state index contributed by atoms with van der Waals surface area (Å²) in [5.74, 6) is 0.802. The van der Waals surface area contributed by atoms with Crippen LogP contribution in [-0.4, -0.2) is 18.0 Å². The van der Waals surface area contributed by atoms with Crippen molar-refractivity contribution in [3.63, 3.8) is 0 Å². The van der Waals surface area contributed by atoms with Gasteiger partial charge in [0.15, 0.2) is 0 Å². The van der Waals surface area contributed by atoms with Gasteiger partial charge in [-0.25, -0.2) is 0 Å². The third-order valence-corrected chi connectivity index (χ3v) is 2.59. The predicted molar refractivity (Wildman–Crippen MR) is 42.0 cm³/mol. The summed E-state index contributed by atoms with van der Waals surface area (Å²) in [4.78, 5) is 4.44. The maximum absolute atomic E-state index is 7.02. The van der Waals surface area contributed by atoms with Crippen LogP contribution in [0.1, 0.15) is 25.7 Å². The molecule has 1 N–H and O–H groups in total. The van der Waals surface area contributed by atoms with E-state index in [1.54, 1.807) is 0 Å². The molecule has 1 saturated carbocycles. The molecule has 2 nitrogen and oxygen atoms in total. The molecule has 54 valence electrons. The van der Waals surface area contributed by atoms with Crippen molar-refractivity contribution in [2.24, 2.45) is 10.9 Å². The third-order valence-electron chi connectivity index (χ3n) is 2.59. The van der Waals surface area contributed by atoms with Crippen molar-refractivity contribution >= 4 is 11.9 Å². The number of fused-ring (bicyclic) bond motifs is 1. The molecule has 2 atom stereocenters. The van der Waals surface area contributed by atoms with E-state index in [4.69, 9.17) is 5.41 Å². The number of aliphatic imine (C=N–C) groups is 1. The summed E-state index contributed by atoms with van der Waals surface area (Å²) in [5.41, 5.74) is 1.02. The lowest BCUT2D eigenvalue weighted by Gasteiger charge is -2.02. The molecule has 2 aliphatic rings. The second kappa shape index (κ2) is 2.19. The molecule has 0 aromatic heterocycles. The van der Waals surface area contributed by atoms with Crippen molar-refractivity contribution in [2.75, 3.05) is 0 Å². The van der Waals surface area contributed by atoms with Gasteiger partial charge < -0.3 is 5.41 Å². The molecule has 2 rings (SSSR count). The zero-order chi connectivity index (χ0) is 6.97. The standard InChI is InChI=1S/C8H12N2/c9-5-7-4-6-2-1-3-8(6)10-7/h5-6,8-9H,1-4H2. The van der Waals surface area contributed by atoms with Gasteiger partial charge in [0.05, 0.1) is 11.8 Å². The zero-order valence-electron chi connectivity index (χ0n) is 6.01. The quantitative estimate of drug-likeness (QED) is 0.532. The number of nitrogens with one attached hydrogen (secondary N) is 1. The SMILES string of the molecule is N=CC1=NC2CCCC2C1. The first-order valence-electron chi connectivity index (χ1n) is 3.97. The van der Waals surface area contributed by atoms with E-state index in [2.05, 4.69) is 4.99 Å². The van der Waals surface area contributed by atoms with Crippen LogP contribution in [0, 0.1) is 11.3 Å². The summed E-state index contributed by atoms with van der Waals surface area (Å²) in [6.45, 7) is 0. The second-order valence-electron chi connectivity index (χ2n) is 3.23. The molecule has 1 heterocycles. The van der Waals surface area contributed by atoms with E-state index in [9.17, 15) is 0 Å². The van der Waals surface area contributed by atoms with E-state index in [1.807, 2.05) is 0 Å². The second-order valence-corrected chi connectivity index (χ2v) is 3.23. The average Bonchev–Trinajstić information content (AvgIpc) is 2.42. The molecule has 0 aromatic rings. The number of rotatable bonds is 1. The van der Waals surface area contributed by atoms with Gasteiger partial charge in [0.25, 0.3) is 0 Å². The highest BCUT2D eigenvalue weighted by Gasteiger charge is 2.32. The van der Waals surface area contributed by atoms with Gasteiger partial charge in [-0.05, 0) is 25.2 Å². The van der Waals surface area contributed by atoms with Gasteiger partial charge in [-0.3, -0.25) is 4.99 Å². The highest BCUT2D eigenvalue weighted by atomic mass is 14.9. The van der Waals surface area contributed by atoms with Crippen LogP contribution in [0.3, 0.4) is 0 Å². The molecule has 0 spiro atoms. The number of hydrogen-bond donors (Lipinski definition) is 1. The van der Waals surface area contributed by atoms with Crippen LogP contribution in [0.25, 0.3) is 0 Å². The molecule has 0 radical (unpaired) electrons. The van der Waals surface area contributed by atoms with Gasteiger partial charge in [-0.15, -0.1) is 0 Å². The van der Waals surface area contributed by atoms with Crippen molar-refractivity contribution in [1.29, 1.82) is 5.41 Å². The zero-order valence-corrected chi connectivity index (χ0v) is 6.01. The van der Waals surface area contributed by atoms with Crippen molar-refractivity contribution in [3.8, 4) is 0 Å². The third kappa shape index (κ3) is 0.789. The van der Waals surface area contributed by atoms with Crippen molar-refractivity contribution in [2.45, 2.75) is 31.7 Å². The van der Waals surface area contributed by atoms with Gasteiger partial charge >= 0.3 is 0 Å². The van der Waals surface area contributed by atoms with Crippen molar-refractivity contribution in [3.05, 3.63) is 0 Å². The first-order chi connectivity index (χ1) is 4.90. The molecule has 10 heavy (non-hydrogen) atoms. The lowest BCUT2D eigenvalue weighted by Crippen LogP contribution is -2.04. The van der Waals surface area contributed by atoms with Crippen LogP contribution in [0.2, 0.25) is 0 Å². The normalized spacial score (nSPS) is 37.4. The molecule has 2 unspecified atom stereocenters. The fraction of sp³-hybridized carbons (Fsp3) is 0.750. The summed E-state index contributed by atoms with van der Waals surface area (Å²) in [7, 11) is 0. The van der Waals surface area contributed by atoms with Crippen LogP contribution in [0.5, 0.6) is 0 Å². The Bertz CT molecular complexity index is 184. The maximum atomic E-state index is 7.02. The van der Waals surface area contributed by atoms with Gasteiger partial charge in [0.2, 0.25) is 0 Å². The Morgan fingerprint density at radius 3 is 3.10 bits per heavy atom. The summed E-state index contributed by atoms with van der Waals surface area (Å²) in [6.07, 6.45) is 6.45. The van der Waals surface area contributed by atoms with Crippen molar-refractivity contribution < 1.29 is 0 Å². The minimum absolute atomic E-state index is 0.594. The molecule has 1 aliphatic heterocycles. The van der Waals surface area contributed by atoms with Crippen LogP contribution < -0.4 is 0 Å². The van der Waals surface area contributed by atoms with Gasteiger partial charge in [-0.1, -0.05) is 6.42 Å². The fourth-order valence-corrected chi connectivity index (χ4v) is 2.06. The van der Waals surface area contributed by atoms with Gasteiger partial charge in [0.1, 0.15) is 0 Å². The lowest BCUT2D eigenvalue weighted by molar-refractivity contribution is 0.536. The molecule has 0 aromatic carbocycles. The largest absolute Gasteiger partial charge is 0.307 e. The molecule has 0 bridgehead atoms. The first kappa shape index (κ1) is 6.08. The van der Waals surface area contributed by atoms with Gasteiger partial charge in [0, 0.05) is 6.21 Å². The van der Waals surface area contributed by atoms with E-state index >= 15 is 0 Å². The summed E-state index contributed by atoms with van der Waals surface area (Å²) in [6, 6.07) is 0.594. The molecule has 0 saturated heterocycles. The number of hydrogen-bond acceptors (Lipinski definition) is 2. The topological polar surface area (TPSA) is 36.2 Å². The van der Waals surface area contributed by atoms with E-state index in [0.717, 1.165) is 18.1 Å². The van der Waals surface area contributed by atoms with Crippen LogP contribution in [0.4, 0.5) is 0 Å². The minimum atomic E-state index is 0.594. The average molecular weight is 136 g/mol. The van der Waals surface area contributed by atoms with Crippen LogP contribution >= 0.6 is 0 Å². The highest BCUT2D eigenvalue weighted by Crippen LogP contribution is 2.35. The van der Waals surface area contributed by atoms with E-state index in [0.29, 0.717) is 6.04 Å².